The Labute approximate surface area is 182 Å². The number of nitrogens with zero attached hydrogens (tertiary/aromatic N) is 3. The van der Waals surface area contributed by atoms with E-state index in [1.165, 1.54) is 37.8 Å². The van der Waals surface area contributed by atoms with Crippen LogP contribution in [0.25, 0.3) is 10.8 Å². The minimum atomic E-state index is -0.202. The molecule has 4 atom stereocenters. The second kappa shape index (κ2) is 7.59. The molecule has 4 aliphatic rings. The number of likely N-dealkylation sites (tertiary alicyclic amines) is 1. The van der Waals surface area contributed by atoms with Crippen LogP contribution in [0.4, 0.5) is 0 Å². The highest BCUT2D eigenvalue weighted by Gasteiger charge is 2.46. The van der Waals surface area contributed by atoms with Crippen LogP contribution in [0.2, 0.25) is 0 Å². The van der Waals surface area contributed by atoms with Gasteiger partial charge in [-0.2, -0.15) is 5.10 Å². The Hall–Kier alpha value is -2.47. The number of piperidine rings is 3. The van der Waals surface area contributed by atoms with Crippen molar-refractivity contribution in [1.82, 2.24) is 20.0 Å². The monoisotopic (exact) mass is 418 g/mol. The van der Waals surface area contributed by atoms with Crippen molar-refractivity contribution < 1.29 is 4.79 Å². The van der Waals surface area contributed by atoms with Crippen molar-refractivity contribution in [2.24, 2.45) is 11.8 Å². The third kappa shape index (κ3) is 3.23. The number of amides is 1. The molecule has 1 aromatic heterocycles. The number of H-pyrrole nitrogens is 1. The average Bonchev–Trinajstić information content (AvgIpc) is 2.81. The molecule has 2 aromatic rings. The Bertz CT molecular complexity index is 1110. The highest BCUT2D eigenvalue weighted by atomic mass is 16.2. The van der Waals surface area contributed by atoms with E-state index in [2.05, 4.69) is 26.1 Å². The number of aromatic nitrogens is 2. The number of nitrogens with one attached hydrogen (secondary N) is 1. The number of hydrogen-bond acceptors (Lipinski definition) is 4. The van der Waals surface area contributed by atoms with Gasteiger partial charge in [-0.25, -0.2) is 5.10 Å². The number of carbonyl (C=O) groups excluding carboxylic acids is 1. The summed E-state index contributed by atoms with van der Waals surface area (Å²) in [5.41, 5.74) is 1.97. The van der Waals surface area contributed by atoms with Crippen LogP contribution in [0, 0.1) is 11.8 Å². The van der Waals surface area contributed by atoms with Gasteiger partial charge in [-0.1, -0.05) is 36.3 Å². The van der Waals surface area contributed by atoms with Gasteiger partial charge in [0, 0.05) is 24.5 Å². The zero-order chi connectivity index (χ0) is 20.9. The van der Waals surface area contributed by atoms with Gasteiger partial charge in [0.1, 0.15) is 0 Å². The van der Waals surface area contributed by atoms with Crippen molar-refractivity contribution in [2.45, 2.75) is 57.0 Å². The van der Waals surface area contributed by atoms with Crippen molar-refractivity contribution in [3.05, 3.63) is 52.0 Å². The molecule has 4 heterocycles. The summed E-state index contributed by atoms with van der Waals surface area (Å²) in [6, 6.07) is 8.40. The molecule has 6 heteroatoms. The minimum Gasteiger partial charge on any atom is -0.335 e. The van der Waals surface area contributed by atoms with E-state index in [1.807, 2.05) is 18.2 Å². The van der Waals surface area contributed by atoms with Crippen LogP contribution in [-0.2, 0) is 11.2 Å². The highest BCUT2D eigenvalue weighted by molar-refractivity contribution is 5.88. The first kappa shape index (κ1) is 19.2. The van der Waals surface area contributed by atoms with Gasteiger partial charge in [-0.15, -0.1) is 0 Å². The molecule has 3 fully saturated rings. The van der Waals surface area contributed by atoms with Crippen LogP contribution < -0.4 is 5.56 Å². The number of carbonyl (C=O) groups is 1. The summed E-state index contributed by atoms with van der Waals surface area (Å²) in [7, 11) is 0. The van der Waals surface area contributed by atoms with E-state index in [9.17, 15) is 9.59 Å². The Morgan fingerprint density at radius 1 is 1.13 bits per heavy atom. The van der Waals surface area contributed by atoms with Crippen molar-refractivity contribution in [3.63, 3.8) is 0 Å². The summed E-state index contributed by atoms with van der Waals surface area (Å²) in [6.45, 7) is 3.17. The molecule has 0 unspecified atom stereocenters. The van der Waals surface area contributed by atoms with Crippen molar-refractivity contribution in [2.75, 3.05) is 19.6 Å². The van der Waals surface area contributed by atoms with Gasteiger partial charge >= 0.3 is 0 Å². The molecule has 0 spiro atoms. The quantitative estimate of drug-likeness (QED) is 0.762. The maximum Gasteiger partial charge on any atom is 0.272 e. The predicted molar refractivity (Wildman–Crippen MR) is 120 cm³/mol. The molecule has 31 heavy (non-hydrogen) atoms. The lowest BCUT2D eigenvalue weighted by atomic mass is 9.68. The minimum absolute atomic E-state index is 0.138. The summed E-state index contributed by atoms with van der Waals surface area (Å²) in [4.78, 5) is 30.5. The summed E-state index contributed by atoms with van der Waals surface area (Å²) in [5, 5.41) is 8.22. The molecule has 3 saturated heterocycles. The first-order chi connectivity index (χ1) is 15.2. The predicted octanol–water partition coefficient (Wildman–Crippen LogP) is 2.89. The molecule has 6 nitrogen and oxygen atoms in total. The van der Waals surface area contributed by atoms with Gasteiger partial charge in [0.25, 0.3) is 5.56 Å². The first-order valence-corrected chi connectivity index (χ1v) is 11.9. The largest absolute Gasteiger partial charge is 0.335 e. The number of aromatic amines is 1. The van der Waals surface area contributed by atoms with Crippen LogP contribution >= 0.6 is 0 Å². The van der Waals surface area contributed by atoms with Crippen LogP contribution in [0.15, 0.2) is 40.7 Å². The third-order valence-corrected chi connectivity index (χ3v) is 8.07. The van der Waals surface area contributed by atoms with E-state index in [1.54, 1.807) is 6.07 Å². The molecular weight excluding hydrogens is 388 g/mol. The Kier molecular flexibility index (Phi) is 4.71. The second-order valence-electron chi connectivity index (χ2n) is 9.82. The Morgan fingerprint density at radius 2 is 2.00 bits per heavy atom. The topological polar surface area (TPSA) is 69.3 Å². The number of rotatable bonds is 2. The van der Waals surface area contributed by atoms with Gasteiger partial charge in [-0.05, 0) is 56.6 Å². The average molecular weight is 419 g/mol. The molecule has 0 radical (unpaired) electrons. The molecule has 162 valence electrons. The van der Waals surface area contributed by atoms with E-state index in [-0.39, 0.29) is 23.9 Å². The summed E-state index contributed by atoms with van der Waals surface area (Å²) in [5.74, 6) is 1.36. The normalized spacial score (nSPS) is 30.5. The molecule has 1 N–H and O–H groups in total. The lowest BCUT2D eigenvalue weighted by Crippen LogP contribution is -2.60. The lowest BCUT2D eigenvalue weighted by molar-refractivity contribution is -0.135. The molecule has 3 aliphatic heterocycles. The number of fused-ring (bicyclic) bond motifs is 7. The van der Waals surface area contributed by atoms with Crippen LogP contribution in [0.1, 0.15) is 44.2 Å². The van der Waals surface area contributed by atoms with Gasteiger partial charge < -0.3 is 4.90 Å². The summed E-state index contributed by atoms with van der Waals surface area (Å²) >= 11 is 0. The van der Waals surface area contributed by atoms with Gasteiger partial charge in [0.2, 0.25) is 5.91 Å². The fourth-order valence-electron chi connectivity index (χ4n) is 6.80. The number of benzene rings is 1. The zero-order valence-electron chi connectivity index (χ0n) is 17.9. The standard InChI is InChI=1S/C25H30N4O2/c30-23(14-21-19-7-1-2-8-20(19)25(31)27-26-21)29-11-5-6-16-12-17-13-18(24(16)29)15-28-10-4-3-9-22(17)28/h1-2,7-8,12,17-18,22,24H,3-6,9-11,13-15H2,(H,27,31)/t17-,18+,22-,24-/m1/s1. The zero-order valence-corrected chi connectivity index (χ0v) is 17.9. The molecule has 0 saturated carbocycles. The molecule has 2 bridgehead atoms. The molecule has 6 rings (SSSR count). The van der Waals surface area contributed by atoms with Gasteiger partial charge in [0.05, 0.1) is 23.5 Å². The SMILES string of the molecule is O=C(Cc1n[nH]c(=O)c2ccccc12)N1CCCC2=C[C@@H]3C[C@@H](CN4CCCC[C@H]34)[C@@H]21. The van der Waals surface area contributed by atoms with Gasteiger partial charge in [-0.3, -0.25) is 14.5 Å². The molecular formula is C25H30N4O2. The third-order valence-electron chi connectivity index (χ3n) is 8.07. The van der Waals surface area contributed by atoms with Crippen LogP contribution in [0.5, 0.6) is 0 Å². The van der Waals surface area contributed by atoms with E-state index in [4.69, 9.17) is 0 Å². The van der Waals surface area contributed by atoms with E-state index in [0.717, 1.165) is 37.4 Å². The maximum atomic E-state index is 13.5. The summed E-state index contributed by atoms with van der Waals surface area (Å²) in [6.07, 6.45) is 10.2. The smallest absolute Gasteiger partial charge is 0.272 e. The summed E-state index contributed by atoms with van der Waals surface area (Å²) < 4.78 is 0. The van der Waals surface area contributed by atoms with Crippen molar-refractivity contribution in [3.8, 4) is 0 Å². The lowest BCUT2D eigenvalue weighted by Gasteiger charge is -2.54. The van der Waals surface area contributed by atoms with Gasteiger partial charge in [0.15, 0.2) is 0 Å². The van der Waals surface area contributed by atoms with Crippen molar-refractivity contribution in [1.29, 1.82) is 0 Å². The Morgan fingerprint density at radius 3 is 2.90 bits per heavy atom. The fourth-order valence-corrected chi connectivity index (χ4v) is 6.80. The fraction of sp³-hybridized carbons (Fsp3) is 0.560. The molecule has 1 amide bonds. The van der Waals surface area contributed by atoms with E-state index < -0.39 is 0 Å². The van der Waals surface area contributed by atoms with Crippen LogP contribution in [-0.4, -0.2) is 57.6 Å². The molecule has 1 aromatic carbocycles. The molecule has 1 aliphatic carbocycles. The van der Waals surface area contributed by atoms with Crippen molar-refractivity contribution >= 4 is 16.7 Å². The maximum absolute atomic E-state index is 13.5. The first-order valence-electron chi connectivity index (χ1n) is 11.9. The van der Waals surface area contributed by atoms with E-state index >= 15 is 0 Å². The second-order valence-corrected chi connectivity index (χ2v) is 9.82. The van der Waals surface area contributed by atoms with Crippen LogP contribution in [0.3, 0.4) is 0 Å². The number of hydrogen-bond donors (Lipinski definition) is 1. The Balaban J connectivity index is 1.29. The highest BCUT2D eigenvalue weighted by Crippen LogP contribution is 2.45. The van der Waals surface area contributed by atoms with E-state index in [0.29, 0.717) is 22.9 Å².